The Labute approximate surface area is 103 Å². The Kier molecular flexibility index (Phi) is 2.31. The van der Waals surface area contributed by atoms with Crippen LogP contribution < -0.4 is 0 Å². The van der Waals surface area contributed by atoms with Gasteiger partial charge in [-0.2, -0.15) is 9.65 Å². The summed E-state index contributed by atoms with van der Waals surface area (Å²) in [6.45, 7) is 0. The maximum Gasteiger partial charge on any atom is 0.212 e. The van der Waals surface area contributed by atoms with Gasteiger partial charge in [0, 0.05) is 28.4 Å². The maximum atomic E-state index is 12.7. The van der Waals surface area contributed by atoms with Crippen LogP contribution in [0, 0.1) is 17.3 Å². The van der Waals surface area contributed by atoms with Crippen LogP contribution in [-0.4, -0.2) is 9.97 Å². The van der Waals surface area contributed by atoms with Crippen molar-refractivity contribution in [3.63, 3.8) is 0 Å². The van der Waals surface area contributed by atoms with Crippen molar-refractivity contribution in [2.24, 2.45) is 0 Å². The Morgan fingerprint density at radius 1 is 1.17 bits per heavy atom. The molecule has 3 aromatic rings. The van der Waals surface area contributed by atoms with Gasteiger partial charge in [0.15, 0.2) is 0 Å². The quantitative estimate of drug-likeness (QED) is 0.660. The van der Waals surface area contributed by atoms with Crippen molar-refractivity contribution in [3.8, 4) is 17.3 Å². The first-order valence-electron chi connectivity index (χ1n) is 5.41. The molecule has 0 aliphatic heterocycles. The monoisotopic (exact) mass is 237 g/mol. The van der Waals surface area contributed by atoms with Gasteiger partial charge in [-0.15, -0.1) is 0 Å². The lowest BCUT2D eigenvalue weighted by molar-refractivity contribution is 0.584. The van der Waals surface area contributed by atoms with E-state index in [1.165, 1.54) is 12.3 Å². The van der Waals surface area contributed by atoms with Gasteiger partial charge in [0.25, 0.3) is 0 Å². The zero-order valence-corrected chi connectivity index (χ0v) is 9.31. The normalized spacial score (nSPS) is 10.4. The molecule has 0 aliphatic carbocycles. The molecule has 0 fully saturated rings. The highest BCUT2D eigenvalue weighted by Crippen LogP contribution is 2.24. The number of H-pyrrole nitrogens is 1. The fraction of sp³-hybridized carbons (Fsp3) is 0. The number of aromatic nitrogens is 2. The summed E-state index contributed by atoms with van der Waals surface area (Å²) in [4.78, 5) is 6.83. The highest BCUT2D eigenvalue weighted by atomic mass is 19.1. The predicted octanol–water partition coefficient (Wildman–Crippen LogP) is 3.24. The Morgan fingerprint density at radius 3 is 2.78 bits per heavy atom. The highest BCUT2D eigenvalue weighted by molar-refractivity contribution is 5.86. The Balaban J connectivity index is 2.13. The molecule has 1 N–H and O–H groups in total. The van der Waals surface area contributed by atoms with Crippen molar-refractivity contribution >= 4 is 10.9 Å². The number of nitrogens with zero attached hydrogens (tertiary/aromatic N) is 2. The van der Waals surface area contributed by atoms with Crippen molar-refractivity contribution in [1.29, 1.82) is 5.26 Å². The predicted molar refractivity (Wildman–Crippen MR) is 66.2 cm³/mol. The molecule has 3 nitrogen and oxygen atoms in total. The molecule has 0 amide bonds. The number of halogens is 1. The number of aromatic amines is 1. The summed E-state index contributed by atoms with van der Waals surface area (Å²) in [7, 11) is 0. The molecular weight excluding hydrogens is 229 g/mol. The first-order valence-corrected chi connectivity index (χ1v) is 5.41. The summed E-state index contributed by atoms with van der Waals surface area (Å²) in [5, 5.41) is 9.79. The molecule has 0 spiro atoms. The summed E-state index contributed by atoms with van der Waals surface area (Å²) in [5.41, 5.74) is 3.22. The van der Waals surface area contributed by atoms with Crippen LogP contribution in [-0.2, 0) is 0 Å². The van der Waals surface area contributed by atoms with Gasteiger partial charge >= 0.3 is 0 Å². The summed E-state index contributed by atoms with van der Waals surface area (Å²) in [5.74, 6) is -0.498. The SMILES string of the molecule is N#Cc1ccc2[nH]c(-c3ccc(F)nc3)cc2c1. The molecular formula is C14H8FN3. The molecule has 3 rings (SSSR count). The second-order valence-electron chi connectivity index (χ2n) is 3.97. The molecule has 0 saturated carbocycles. The van der Waals surface area contributed by atoms with Gasteiger partial charge in [-0.3, -0.25) is 0 Å². The molecule has 0 atom stereocenters. The second-order valence-corrected chi connectivity index (χ2v) is 3.97. The highest BCUT2D eigenvalue weighted by Gasteiger charge is 2.04. The number of nitrogens with one attached hydrogen (secondary N) is 1. The fourth-order valence-corrected chi connectivity index (χ4v) is 1.89. The minimum atomic E-state index is -0.498. The Hall–Kier alpha value is -2.67. The largest absolute Gasteiger partial charge is 0.354 e. The molecule has 86 valence electrons. The fourth-order valence-electron chi connectivity index (χ4n) is 1.89. The van der Waals surface area contributed by atoms with Crippen molar-refractivity contribution < 1.29 is 4.39 Å². The van der Waals surface area contributed by atoms with E-state index in [-0.39, 0.29) is 0 Å². The van der Waals surface area contributed by atoms with Gasteiger partial charge in [-0.25, -0.2) is 4.98 Å². The van der Waals surface area contributed by atoms with Gasteiger partial charge < -0.3 is 4.98 Å². The third kappa shape index (κ3) is 1.72. The molecule has 2 heterocycles. The lowest BCUT2D eigenvalue weighted by Crippen LogP contribution is -1.83. The van der Waals surface area contributed by atoms with E-state index in [9.17, 15) is 4.39 Å². The van der Waals surface area contributed by atoms with Crippen LogP contribution in [0.3, 0.4) is 0 Å². The lowest BCUT2D eigenvalue weighted by atomic mass is 10.1. The van der Waals surface area contributed by atoms with Crippen LogP contribution >= 0.6 is 0 Å². The first-order chi connectivity index (χ1) is 8.76. The zero-order chi connectivity index (χ0) is 12.5. The summed E-state index contributed by atoms with van der Waals surface area (Å²) < 4.78 is 12.7. The number of nitriles is 1. The molecule has 0 unspecified atom stereocenters. The van der Waals surface area contributed by atoms with E-state index in [0.29, 0.717) is 5.56 Å². The van der Waals surface area contributed by atoms with Gasteiger partial charge in [0.2, 0.25) is 5.95 Å². The third-order valence-corrected chi connectivity index (χ3v) is 2.79. The molecule has 0 aliphatic rings. The van der Waals surface area contributed by atoms with Crippen molar-refractivity contribution in [2.75, 3.05) is 0 Å². The molecule has 18 heavy (non-hydrogen) atoms. The number of hydrogen-bond donors (Lipinski definition) is 1. The Bertz CT molecular complexity index is 751. The van der Waals surface area contributed by atoms with Crippen LogP contribution in [0.15, 0.2) is 42.6 Å². The minimum absolute atomic E-state index is 0.498. The standard InChI is InChI=1S/C14H8FN3/c15-14-4-2-10(8-17-14)13-6-11-5-9(7-16)1-3-12(11)18-13/h1-6,8,18H. The minimum Gasteiger partial charge on any atom is -0.354 e. The van der Waals surface area contributed by atoms with E-state index in [2.05, 4.69) is 16.0 Å². The summed E-state index contributed by atoms with van der Waals surface area (Å²) in [6.07, 6.45) is 1.48. The van der Waals surface area contributed by atoms with E-state index in [0.717, 1.165) is 22.2 Å². The second kappa shape index (κ2) is 3.97. The average Bonchev–Trinajstić information content (AvgIpc) is 2.82. The van der Waals surface area contributed by atoms with Crippen molar-refractivity contribution in [1.82, 2.24) is 9.97 Å². The van der Waals surface area contributed by atoms with Crippen LogP contribution in [0.5, 0.6) is 0 Å². The topological polar surface area (TPSA) is 52.5 Å². The number of benzene rings is 1. The number of rotatable bonds is 1. The van der Waals surface area contributed by atoms with Gasteiger partial charge in [-0.05, 0) is 36.4 Å². The van der Waals surface area contributed by atoms with E-state index >= 15 is 0 Å². The smallest absolute Gasteiger partial charge is 0.212 e. The molecule has 4 heteroatoms. The maximum absolute atomic E-state index is 12.7. The van der Waals surface area contributed by atoms with E-state index in [1.807, 2.05) is 18.2 Å². The zero-order valence-electron chi connectivity index (χ0n) is 9.31. The van der Waals surface area contributed by atoms with Gasteiger partial charge in [0.05, 0.1) is 11.6 Å². The number of fused-ring (bicyclic) bond motifs is 1. The number of hydrogen-bond acceptors (Lipinski definition) is 2. The van der Waals surface area contributed by atoms with E-state index < -0.39 is 5.95 Å². The molecule has 0 radical (unpaired) electrons. The summed E-state index contributed by atoms with van der Waals surface area (Å²) in [6, 6.07) is 12.4. The van der Waals surface area contributed by atoms with Crippen LogP contribution in [0.25, 0.3) is 22.2 Å². The van der Waals surface area contributed by atoms with Gasteiger partial charge in [0.1, 0.15) is 0 Å². The lowest BCUT2D eigenvalue weighted by Gasteiger charge is -1.95. The third-order valence-electron chi connectivity index (χ3n) is 2.79. The molecule has 0 bridgehead atoms. The average molecular weight is 237 g/mol. The molecule has 1 aromatic carbocycles. The molecule has 0 saturated heterocycles. The summed E-state index contributed by atoms with van der Waals surface area (Å²) >= 11 is 0. The molecule has 2 aromatic heterocycles. The van der Waals surface area contributed by atoms with Crippen LogP contribution in [0.2, 0.25) is 0 Å². The van der Waals surface area contributed by atoms with Crippen LogP contribution in [0.1, 0.15) is 5.56 Å². The number of pyridine rings is 1. The first kappa shape index (κ1) is 10.5. The van der Waals surface area contributed by atoms with Crippen molar-refractivity contribution in [3.05, 3.63) is 54.1 Å². The van der Waals surface area contributed by atoms with Crippen molar-refractivity contribution in [2.45, 2.75) is 0 Å². The Morgan fingerprint density at radius 2 is 2.06 bits per heavy atom. The van der Waals surface area contributed by atoms with E-state index in [4.69, 9.17) is 5.26 Å². The van der Waals surface area contributed by atoms with Gasteiger partial charge in [-0.1, -0.05) is 0 Å². The van der Waals surface area contributed by atoms with E-state index in [1.54, 1.807) is 12.1 Å². The van der Waals surface area contributed by atoms with Crippen LogP contribution in [0.4, 0.5) is 4.39 Å².